The average Bonchev–Trinajstić information content (AvgIpc) is 2.79. The van der Waals surface area contributed by atoms with Crippen molar-refractivity contribution in [3.8, 4) is 11.5 Å². The maximum atomic E-state index is 12.3. The molecule has 0 aromatic heterocycles. The lowest BCUT2D eigenvalue weighted by molar-refractivity contribution is 0.0600. The molecule has 0 atom stereocenters. The van der Waals surface area contributed by atoms with Crippen molar-refractivity contribution in [2.45, 2.75) is 6.42 Å². The predicted molar refractivity (Wildman–Crippen MR) is 115 cm³/mol. The third kappa shape index (κ3) is 5.93. The van der Waals surface area contributed by atoms with E-state index in [-0.39, 0.29) is 11.9 Å². The van der Waals surface area contributed by atoms with E-state index in [0.29, 0.717) is 41.2 Å². The number of carbonyl (C=O) groups excluding carboxylic acids is 3. The van der Waals surface area contributed by atoms with Crippen LogP contribution in [0, 0.1) is 0 Å². The van der Waals surface area contributed by atoms with Crippen molar-refractivity contribution in [1.82, 2.24) is 5.32 Å². The minimum absolute atomic E-state index is 0.191. The minimum atomic E-state index is -0.500. The number of benzene rings is 3. The van der Waals surface area contributed by atoms with Gasteiger partial charge in [0, 0.05) is 17.7 Å². The third-order valence-corrected chi connectivity index (χ3v) is 4.57. The lowest BCUT2D eigenvalue weighted by atomic mass is 10.1. The standard InChI is InChI=1S/C24H22N2O5/c1-30-24(29)19-4-2-16(3-5-19)14-15-26-23(28)18-8-12-21(13-9-18)31-20-10-6-17(7-11-20)22(25)27/h2-13H,14-15H2,1H3,(H2,25,27)(H,26,28). The summed E-state index contributed by atoms with van der Waals surface area (Å²) in [5.74, 6) is 0.0492. The van der Waals surface area contributed by atoms with E-state index in [1.54, 1.807) is 60.7 Å². The summed E-state index contributed by atoms with van der Waals surface area (Å²) in [6.45, 7) is 0.459. The van der Waals surface area contributed by atoms with E-state index in [1.807, 2.05) is 12.1 Å². The van der Waals surface area contributed by atoms with E-state index in [0.717, 1.165) is 5.56 Å². The second-order valence-corrected chi connectivity index (χ2v) is 6.71. The molecule has 3 aromatic rings. The molecule has 0 aliphatic carbocycles. The van der Waals surface area contributed by atoms with Crippen molar-refractivity contribution in [3.63, 3.8) is 0 Å². The van der Waals surface area contributed by atoms with Crippen molar-refractivity contribution in [2.75, 3.05) is 13.7 Å². The number of hydrogen-bond donors (Lipinski definition) is 2. The molecular formula is C24H22N2O5. The lowest BCUT2D eigenvalue weighted by Gasteiger charge is -2.08. The average molecular weight is 418 g/mol. The van der Waals surface area contributed by atoms with Crippen LogP contribution in [0.25, 0.3) is 0 Å². The maximum absolute atomic E-state index is 12.3. The first kappa shape index (κ1) is 21.6. The van der Waals surface area contributed by atoms with Crippen LogP contribution in [0.15, 0.2) is 72.8 Å². The summed E-state index contributed by atoms with van der Waals surface area (Å²) in [5, 5.41) is 2.87. The number of amides is 2. The number of carbonyl (C=O) groups is 3. The summed E-state index contributed by atoms with van der Waals surface area (Å²) in [4.78, 5) is 34.9. The van der Waals surface area contributed by atoms with Crippen LogP contribution in [-0.2, 0) is 11.2 Å². The molecule has 0 saturated carbocycles. The Morgan fingerprint density at radius 2 is 1.29 bits per heavy atom. The minimum Gasteiger partial charge on any atom is -0.465 e. The molecule has 7 heteroatoms. The Kier molecular flexibility index (Phi) is 7.01. The van der Waals surface area contributed by atoms with Gasteiger partial charge in [-0.15, -0.1) is 0 Å². The number of nitrogens with two attached hydrogens (primary N) is 1. The summed E-state index contributed by atoms with van der Waals surface area (Å²) in [5.41, 5.74) is 7.62. The molecule has 0 spiro atoms. The molecule has 0 unspecified atom stereocenters. The number of rotatable bonds is 8. The summed E-state index contributed by atoms with van der Waals surface area (Å²) in [7, 11) is 1.34. The van der Waals surface area contributed by atoms with Crippen LogP contribution in [0.5, 0.6) is 11.5 Å². The van der Waals surface area contributed by atoms with E-state index >= 15 is 0 Å². The van der Waals surface area contributed by atoms with Gasteiger partial charge in [-0.1, -0.05) is 12.1 Å². The van der Waals surface area contributed by atoms with Gasteiger partial charge in [0.15, 0.2) is 0 Å². The second kappa shape index (κ2) is 10.1. The summed E-state index contributed by atoms with van der Waals surface area (Å²) in [6, 6.07) is 20.3. The van der Waals surface area contributed by atoms with Gasteiger partial charge in [-0.3, -0.25) is 9.59 Å². The van der Waals surface area contributed by atoms with Gasteiger partial charge in [0.2, 0.25) is 5.91 Å². The topological polar surface area (TPSA) is 108 Å². The first-order valence-electron chi connectivity index (χ1n) is 9.59. The molecule has 0 aliphatic rings. The Morgan fingerprint density at radius 3 is 1.81 bits per heavy atom. The van der Waals surface area contributed by atoms with Crippen molar-refractivity contribution < 1.29 is 23.9 Å². The van der Waals surface area contributed by atoms with E-state index in [9.17, 15) is 14.4 Å². The number of primary amides is 1. The fourth-order valence-corrected chi connectivity index (χ4v) is 2.85. The van der Waals surface area contributed by atoms with Crippen LogP contribution >= 0.6 is 0 Å². The highest BCUT2D eigenvalue weighted by molar-refractivity contribution is 5.94. The van der Waals surface area contributed by atoms with E-state index in [1.165, 1.54) is 7.11 Å². The van der Waals surface area contributed by atoms with Crippen LogP contribution in [0.1, 0.15) is 36.6 Å². The maximum Gasteiger partial charge on any atom is 0.337 e. The Balaban J connectivity index is 1.49. The fourth-order valence-electron chi connectivity index (χ4n) is 2.85. The van der Waals surface area contributed by atoms with Crippen LogP contribution in [0.4, 0.5) is 0 Å². The SMILES string of the molecule is COC(=O)c1ccc(CCNC(=O)c2ccc(Oc3ccc(C(N)=O)cc3)cc2)cc1. The van der Waals surface area contributed by atoms with Crippen molar-refractivity contribution >= 4 is 17.8 Å². The quantitative estimate of drug-likeness (QED) is 0.546. The smallest absolute Gasteiger partial charge is 0.337 e. The van der Waals surface area contributed by atoms with Gasteiger partial charge in [-0.2, -0.15) is 0 Å². The zero-order valence-corrected chi connectivity index (χ0v) is 17.0. The molecule has 31 heavy (non-hydrogen) atoms. The first-order chi connectivity index (χ1) is 15.0. The number of nitrogens with one attached hydrogen (secondary N) is 1. The monoisotopic (exact) mass is 418 g/mol. The summed E-state index contributed by atoms with van der Waals surface area (Å²) < 4.78 is 10.4. The Hall–Kier alpha value is -4.13. The Morgan fingerprint density at radius 1 is 0.774 bits per heavy atom. The van der Waals surface area contributed by atoms with Gasteiger partial charge in [-0.05, 0) is 72.6 Å². The first-order valence-corrected chi connectivity index (χ1v) is 9.59. The van der Waals surface area contributed by atoms with Gasteiger partial charge in [0.25, 0.3) is 5.91 Å². The van der Waals surface area contributed by atoms with Gasteiger partial charge in [0.05, 0.1) is 12.7 Å². The van der Waals surface area contributed by atoms with Gasteiger partial charge in [0.1, 0.15) is 11.5 Å². The van der Waals surface area contributed by atoms with E-state index < -0.39 is 5.91 Å². The van der Waals surface area contributed by atoms with Gasteiger partial charge in [-0.25, -0.2) is 4.79 Å². The van der Waals surface area contributed by atoms with E-state index in [2.05, 4.69) is 10.1 Å². The zero-order chi connectivity index (χ0) is 22.2. The highest BCUT2D eigenvalue weighted by Crippen LogP contribution is 2.22. The van der Waals surface area contributed by atoms with Crippen molar-refractivity contribution in [3.05, 3.63) is 95.1 Å². The molecular weight excluding hydrogens is 396 g/mol. The molecule has 0 aliphatic heterocycles. The van der Waals surface area contributed by atoms with Crippen molar-refractivity contribution in [2.24, 2.45) is 5.73 Å². The molecule has 3 aromatic carbocycles. The number of hydrogen-bond acceptors (Lipinski definition) is 5. The van der Waals surface area contributed by atoms with Crippen LogP contribution in [-0.4, -0.2) is 31.4 Å². The summed E-state index contributed by atoms with van der Waals surface area (Å²) >= 11 is 0. The number of ether oxygens (including phenoxy) is 2. The van der Waals surface area contributed by atoms with Gasteiger partial charge >= 0.3 is 5.97 Å². The van der Waals surface area contributed by atoms with E-state index in [4.69, 9.17) is 10.5 Å². The highest BCUT2D eigenvalue weighted by atomic mass is 16.5. The Labute approximate surface area is 179 Å². The molecule has 3 N–H and O–H groups in total. The number of esters is 1. The summed E-state index contributed by atoms with van der Waals surface area (Å²) in [6.07, 6.45) is 0.635. The number of methoxy groups -OCH3 is 1. The largest absolute Gasteiger partial charge is 0.465 e. The molecule has 3 rings (SSSR count). The van der Waals surface area contributed by atoms with Crippen LogP contribution < -0.4 is 15.8 Å². The third-order valence-electron chi connectivity index (χ3n) is 4.57. The normalized spacial score (nSPS) is 10.2. The molecule has 0 saturated heterocycles. The molecule has 7 nitrogen and oxygen atoms in total. The molecule has 158 valence electrons. The highest BCUT2D eigenvalue weighted by Gasteiger charge is 2.08. The van der Waals surface area contributed by atoms with Crippen LogP contribution in [0.3, 0.4) is 0 Å². The van der Waals surface area contributed by atoms with Crippen molar-refractivity contribution in [1.29, 1.82) is 0 Å². The van der Waals surface area contributed by atoms with Gasteiger partial charge < -0.3 is 20.5 Å². The molecule has 0 bridgehead atoms. The predicted octanol–water partition coefficient (Wildman–Crippen LogP) is 3.34. The Bertz CT molecular complexity index is 1060. The molecule has 0 fully saturated rings. The second-order valence-electron chi connectivity index (χ2n) is 6.71. The molecule has 0 heterocycles. The lowest BCUT2D eigenvalue weighted by Crippen LogP contribution is -2.25. The van der Waals surface area contributed by atoms with Crippen LogP contribution in [0.2, 0.25) is 0 Å². The zero-order valence-electron chi connectivity index (χ0n) is 17.0. The molecule has 0 radical (unpaired) electrons. The molecule has 2 amide bonds. The fraction of sp³-hybridized carbons (Fsp3) is 0.125.